The molecule has 0 aliphatic rings. The van der Waals surface area contributed by atoms with E-state index in [0.717, 1.165) is 6.26 Å². The molecular weight excluding hydrogens is 336 g/mol. The molecule has 0 aliphatic carbocycles. The average molecular weight is 357 g/mol. The van der Waals surface area contributed by atoms with Crippen LogP contribution in [0.1, 0.15) is 25.7 Å². The van der Waals surface area contributed by atoms with Crippen LogP contribution >= 0.6 is 11.6 Å². The highest BCUT2D eigenvalue weighted by molar-refractivity contribution is 6.30. The van der Waals surface area contributed by atoms with Crippen molar-refractivity contribution in [3.8, 4) is 5.75 Å². The summed E-state index contributed by atoms with van der Waals surface area (Å²) in [6.45, 7) is 3.13. The number of benzene rings is 1. The van der Waals surface area contributed by atoms with Crippen molar-refractivity contribution in [1.29, 1.82) is 0 Å². The molecule has 0 unspecified atom stereocenters. The highest BCUT2D eigenvalue weighted by Gasteiger charge is 2.10. The summed E-state index contributed by atoms with van der Waals surface area (Å²) in [5.74, 6) is -0.248. The first kappa shape index (κ1) is 20.0. The van der Waals surface area contributed by atoms with E-state index in [4.69, 9.17) is 21.1 Å². The summed E-state index contributed by atoms with van der Waals surface area (Å²) in [5.41, 5.74) is 0. The molecule has 132 valence electrons. The molecule has 6 nitrogen and oxygen atoms in total. The van der Waals surface area contributed by atoms with Gasteiger partial charge in [0.15, 0.2) is 0 Å². The molecule has 1 aromatic rings. The molecule has 7 heteroatoms. The van der Waals surface area contributed by atoms with Crippen LogP contribution in [0.3, 0.4) is 0 Å². The molecule has 1 N–H and O–H groups in total. The number of aliphatic hydroxyl groups is 1. The largest absolute Gasteiger partial charge is 0.491 e. The van der Waals surface area contributed by atoms with Crippen LogP contribution < -0.4 is 4.74 Å². The number of aliphatic hydroxyl groups excluding tert-OH is 1. The molecule has 1 rings (SSSR count). The van der Waals surface area contributed by atoms with Gasteiger partial charge in [-0.25, -0.2) is 0 Å². The standard InChI is InChI=1S/C17H21ClO6/c1-2-22-16(20)5-3-4-6-17(21)24-12-14(19)11-23-15-9-7-13(18)8-10-15/h2,7-10,14,19H,1,3-6,11-12H2/t14-/m1/s1. The molecule has 0 saturated heterocycles. The van der Waals surface area contributed by atoms with Crippen LogP contribution in [0.2, 0.25) is 5.02 Å². The number of ether oxygens (including phenoxy) is 3. The summed E-state index contributed by atoms with van der Waals surface area (Å²) in [6, 6.07) is 6.71. The molecule has 0 aromatic heterocycles. The van der Waals surface area contributed by atoms with Crippen molar-refractivity contribution in [1.82, 2.24) is 0 Å². The molecule has 0 fully saturated rings. The van der Waals surface area contributed by atoms with E-state index in [9.17, 15) is 14.7 Å². The zero-order chi connectivity index (χ0) is 17.8. The number of halogens is 1. The quantitative estimate of drug-likeness (QED) is 0.373. The van der Waals surface area contributed by atoms with Gasteiger partial charge < -0.3 is 19.3 Å². The van der Waals surface area contributed by atoms with Crippen LogP contribution in [0.15, 0.2) is 37.1 Å². The van der Waals surface area contributed by atoms with Crippen molar-refractivity contribution >= 4 is 23.5 Å². The lowest BCUT2D eigenvalue weighted by molar-refractivity contribution is -0.147. The van der Waals surface area contributed by atoms with Crippen LogP contribution in [-0.2, 0) is 19.1 Å². The first-order valence-corrected chi connectivity index (χ1v) is 7.91. The van der Waals surface area contributed by atoms with Gasteiger partial charge in [-0.3, -0.25) is 9.59 Å². The number of hydrogen-bond acceptors (Lipinski definition) is 6. The fourth-order valence-electron chi connectivity index (χ4n) is 1.72. The van der Waals surface area contributed by atoms with E-state index in [1.54, 1.807) is 24.3 Å². The molecule has 0 saturated carbocycles. The number of carbonyl (C=O) groups excluding carboxylic acids is 2. The fourth-order valence-corrected chi connectivity index (χ4v) is 1.85. The van der Waals surface area contributed by atoms with Crippen LogP contribution in [0.25, 0.3) is 0 Å². The van der Waals surface area contributed by atoms with Crippen molar-refractivity contribution in [2.45, 2.75) is 31.8 Å². The lowest BCUT2D eigenvalue weighted by Crippen LogP contribution is -2.25. The maximum atomic E-state index is 11.5. The van der Waals surface area contributed by atoms with E-state index in [-0.39, 0.29) is 32.0 Å². The van der Waals surface area contributed by atoms with E-state index in [1.807, 2.05) is 0 Å². The molecule has 0 spiro atoms. The van der Waals surface area contributed by atoms with Gasteiger partial charge in [-0.15, -0.1) is 0 Å². The van der Waals surface area contributed by atoms with Gasteiger partial charge in [0, 0.05) is 17.9 Å². The van der Waals surface area contributed by atoms with Crippen LogP contribution in [0.5, 0.6) is 5.75 Å². The molecule has 0 bridgehead atoms. The van der Waals surface area contributed by atoms with Crippen molar-refractivity contribution in [3.05, 3.63) is 42.1 Å². The number of unbranched alkanes of at least 4 members (excludes halogenated alkanes) is 1. The van der Waals surface area contributed by atoms with E-state index in [2.05, 4.69) is 11.3 Å². The van der Waals surface area contributed by atoms with Gasteiger partial charge in [0.05, 0.1) is 6.26 Å². The summed E-state index contributed by atoms with van der Waals surface area (Å²) in [5, 5.41) is 10.3. The molecule has 0 amide bonds. The van der Waals surface area contributed by atoms with Gasteiger partial charge in [0.1, 0.15) is 25.1 Å². The normalized spacial score (nSPS) is 11.4. The molecule has 1 aromatic carbocycles. The van der Waals surface area contributed by atoms with Crippen LogP contribution in [0, 0.1) is 0 Å². The number of rotatable bonds is 11. The summed E-state index contributed by atoms with van der Waals surface area (Å²) in [6.07, 6.45) is 1.56. The highest BCUT2D eigenvalue weighted by atomic mass is 35.5. The van der Waals surface area contributed by atoms with Crippen molar-refractivity contribution in [3.63, 3.8) is 0 Å². The van der Waals surface area contributed by atoms with Crippen molar-refractivity contribution < 1.29 is 28.9 Å². The minimum atomic E-state index is -0.924. The topological polar surface area (TPSA) is 82.1 Å². The smallest absolute Gasteiger partial charge is 0.310 e. The van der Waals surface area contributed by atoms with Crippen LogP contribution in [-0.4, -0.2) is 36.4 Å². The van der Waals surface area contributed by atoms with Crippen LogP contribution in [0.4, 0.5) is 0 Å². The maximum absolute atomic E-state index is 11.5. The molecular formula is C17H21ClO6. The minimum absolute atomic E-state index is 0.00229. The van der Waals surface area contributed by atoms with Crippen molar-refractivity contribution in [2.75, 3.05) is 13.2 Å². The second-order valence-corrected chi connectivity index (χ2v) is 5.40. The Hall–Kier alpha value is -2.05. The first-order valence-electron chi connectivity index (χ1n) is 7.53. The van der Waals surface area contributed by atoms with Crippen molar-refractivity contribution in [2.24, 2.45) is 0 Å². The second kappa shape index (κ2) is 11.5. The summed E-state index contributed by atoms with van der Waals surface area (Å²) >= 11 is 5.75. The molecule has 24 heavy (non-hydrogen) atoms. The Labute approximate surface area is 146 Å². The SMILES string of the molecule is C=COC(=O)CCCCC(=O)OC[C@H](O)COc1ccc(Cl)cc1. The Morgan fingerprint density at radius 3 is 2.38 bits per heavy atom. The molecule has 1 atom stereocenters. The Bertz CT molecular complexity index is 528. The molecule has 0 heterocycles. The average Bonchev–Trinajstić information content (AvgIpc) is 2.56. The van der Waals surface area contributed by atoms with Gasteiger partial charge in [-0.05, 0) is 37.1 Å². The predicted octanol–water partition coefficient (Wildman–Crippen LogP) is 2.87. The third-order valence-corrected chi connectivity index (χ3v) is 3.17. The Kier molecular flexibility index (Phi) is 9.56. The lowest BCUT2D eigenvalue weighted by atomic mass is 10.2. The Balaban J connectivity index is 2.09. The fraction of sp³-hybridized carbons (Fsp3) is 0.412. The zero-order valence-corrected chi connectivity index (χ0v) is 14.0. The Morgan fingerprint density at radius 1 is 1.12 bits per heavy atom. The Morgan fingerprint density at radius 2 is 1.75 bits per heavy atom. The monoisotopic (exact) mass is 356 g/mol. The third kappa shape index (κ3) is 9.17. The second-order valence-electron chi connectivity index (χ2n) is 4.97. The summed E-state index contributed by atoms with van der Waals surface area (Å²) in [7, 11) is 0. The first-order chi connectivity index (χ1) is 11.5. The van der Waals surface area contributed by atoms with Gasteiger partial charge in [0.2, 0.25) is 0 Å². The van der Waals surface area contributed by atoms with E-state index in [1.165, 1.54) is 0 Å². The van der Waals surface area contributed by atoms with Gasteiger partial charge in [-0.1, -0.05) is 18.2 Å². The lowest BCUT2D eigenvalue weighted by Gasteiger charge is -2.13. The van der Waals surface area contributed by atoms with E-state index in [0.29, 0.717) is 23.6 Å². The van der Waals surface area contributed by atoms with E-state index < -0.39 is 12.1 Å². The number of esters is 2. The molecule has 0 aliphatic heterocycles. The highest BCUT2D eigenvalue weighted by Crippen LogP contribution is 2.15. The summed E-state index contributed by atoms with van der Waals surface area (Å²) in [4.78, 5) is 22.6. The van der Waals surface area contributed by atoms with E-state index >= 15 is 0 Å². The van der Waals surface area contributed by atoms with Gasteiger partial charge >= 0.3 is 11.9 Å². The maximum Gasteiger partial charge on any atom is 0.310 e. The molecule has 0 radical (unpaired) electrons. The minimum Gasteiger partial charge on any atom is -0.491 e. The zero-order valence-electron chi connectivity index (χ0n) is 13.3. The van der Waals surface area contributed by atoms with Gasteiger partial charge in [-0.2, -0.15) is 0 Å². The number of hydrogen-bond donors (Lipinski definition) is 1. The summed E-state index contributed by atoms with van der Waals surface area (Å²) < 4.78 is 14.8. The van der Waals surface area contributed by atoms with Gasteiger partial charge in [0.25, 0.3) is 0 Å². The third-order valence-electron chi connectivity index (χ3n) is 2.92. The number of carbonyl (C=O) groups is 2. The predicted molar refractivity (Wildman–Crippen MR) is 88.7 cm³/mol.